The molecule has 0 saturated carbocycles. The quantitative estimate of drug-likeness (QED) is 0.282. The van der Waals surface area contributed by atoms with E-state index in [2.05, 4.69) is 34.0 Å². The van der Waals surface area contributed by atoms with Crippen LogP contribution in [0.25, 0.3) is 6.08 Å². The van der Waals surface area contributed by atoms with Crippen LogP contribution in [-0.4, -0.2) is 36.0 Å². The number of methoxy groups -OCH3 is 1. The number of rotatable bonds is 5. The summed E-state index contributed by atoms with van der Waals surface area (Å²) in [6.45, 7) is 2.43. The van der Waals surface area contributed by atoms with Crippen molar-refractivity contribution in [1.82, 2.24) is 10.2 Å². The Hall–Kier alpha value is -2.46. The van der Waals surface area contributed by atoms with Crippen molar-refractivity contribution in [1.29, 1.82) is 0 Å². The van der Waals surface area contributed by atoms with Crippen molar-refractivity contribution >= 4 is 57.8 Å². The third kappa shape index (κ3) is 4.76. The summed E-state index contributed by atoms with van der Waals surface area (Å²) < 4.78 is 12.3. The lowest BCUT2D eigenvalue weighted by Gasteiger charge is -2.25. The number of hydrogen-bond acceptors (Lipinski definition) is 5. The molecule has 2 aromatic carbocycles. The van der Waals surface area contributed by atoms with Gasteiger partial charge < -0.3 is 9.47 Å². The van der Waals surface area contributed by atoms with Crippen LogP contribution in [0.15, 0.2) is 42.0 Å². The van der Waals surface area contributed by atoms with Gasteiger partial charge in [0.25, 0.3) is 11.8 Å². The van der Waals surface area contributed by atoms with Crippen molar-refractivity contribution in [2.45, 2.75) is 13.5 Å². The van der Waals surface area contributed by atoms with Gasteiger partial charge in [-0.1, -0.05) is 29.8 Å². The van der Waals surface area contributed by atoms with E-state index in [1.54, 1.807) is 13.2 Å². The fraction of sp³-hybridized carbons (Fsp3) is 0.190. The predicted octanol–water partition coefficient (Wildman–Crippen LogP) is 3.44. The van der Waals surface area contributed by atoms with Crippen LogP contribution in [0.4, 0.5) is 0 Å². The minimum Gasteiger partial charge on any atom is -0.493 e. The average molecular weight is 522 g/mol. The fourth-order valence-electron chi connectivity index (χ4n) is 2.83. The van der Waals surface area contributed by atoms with Gasteiger partial charge >= 0.3 is 0 Å². The van der Waals surface area contributed by atoms with E-state index in [1.165, 1.54) is 18.0 Å². The van der Waals surface area contributed by atoms with Crippen LogP contribution in [0, 0.1) is 10.5 Å². The Morgan fingerprint density at radius 2 is 2.00 bits per heavy atom. The van der Waals surface area contributed by atoms with E-state index in [0.29, 0.717) is 23.7 Å². The van der Waals surface area contributed by atoms with E-state index in [-0.39, 0.29) is 10.7 Å². The minimum atomic E-state index is -0.521. The largest absolute Gasteiger partial charge is 0.493 e. The Labute approximate surface area is 188 Å². The first kappa shape index (κ1) is 21.3. The highest BCUT2D eigenvalue weighted by Gasteiger charge is 2.30. The molecule has 2 aromatic rings. The number of benzene rings is 2. The van der Waals surface area contributed by atoms with Crippen molar-refractivity contribution in [3.05, 3.63) is 62.2 Å². The van der Waals surface area contributed by atoms with Gasteiger partial charge in [0.2, 0.25) is 0 Å². The highest BCUT2D eigenvalue weighted by atomic mass is 127. The number of carbonyl (C=O) groups is 2. The first-order valence-corrected chi connectivity index (χ1v) is 10.2. The lowest BCUT2D eigenvalue weighted by Crippen LogP contribution is -2.52. The van der Waals surface area contributed by atoms with E-state index < -0.39 is 11.8 Å². The van der Waals surface area contributed by atoms with Gasteiger partial charge in [-0.15, -0.1) is 0 Å². The van der Waals surface area contributed by atoms with Crippen LogP contribution in [0.5, 0.6) is 11.5 Å². The molecule has 1 aliphatic heterocycles. The molecule has 1 saturated heterocycles. The van der Waals surface area contributed by atoms with E-state index in [9.17, 15) is 9.59 Å². The standard InChI is InChI=1S/C21H19IN2O4S/c1-12-5-4-6-13(7-12)11-28-18-16(22)9-14(10-17(18)27-3)8-15-19(25)23-21(29)24(2)20(15)26/h4-10H,11H2,1-3H3,(H,23,25,29)/b15-8+. The molecule has 1 N–H and O–H groups in total. The van der Waals surface area contributed by atoms with Gasteiger partial charge in [0.1, 0.15) is 12.2 Å². The second kappa shape index (κ2) is 8.91. The highest BCUT2D eigenvalue weighted by molar-refractivity contribution is 14.1. The first-order valence-electron chi connectivity index (χ1n) is 8.71. The van der Waals surface area contributed by atoms with E-state index >= 15 is 0 Å². The Morgan fingerprint density at radius 1 is 1.24 bits per heavy atom. The Morgan fingerprint density at radius 3 is 2.69 bits per heavy atom. The molecule has 1 fully saturated rings. The molecule has 0 spiro atoms. The number of halogens is 1. The topological polar surface area (TPSA) is 67.9 Å². The molecule has 0 bridgehead atoms. The molecule has 0 aromatic heterocycles. The number of hydrogen-bond donors (Lipinski definition) is 1. The zero-order chi connectivity index (χ0) is 21.1. The monoisotopic (exact) mass is 522 g/mol. The van der Waals surface area contributed by atoms with E-state index in [4.69, 9.17) is 21.7 Å². The number of nitrogens with zero attached hydrogens (tertiary/aromatic N) is 1. The molecule has 150 valence electrons. The molecule has 0 aliphatic carbocycles. The molecule has 6 nitrogen and oxygen atoms in total. The third-order valence-corrected chi connectivity index (χ3v) is 5.51. The molecular formula is C21H19IN2O4S. The van der Waals surface area contributed by atoms with Crippen molar-refractivity contribution in [3.63, 3.8) is 0 Å². The maximum absolute atomic E-state index is 12.4. The summed E-state index contributed by atoms with van der Waals surface area (Å²) in [5.41, 5.74) is 2.87. The Balaban J connectivity index is 1.89. The van der Waals surface area contributed by atoms with E-state index in [0.717, 1.165) is 14.7 Å². The number of ether oxygens (including phenoxy) is 2. The number of likely N-dealkylation sites (N-methyl/N-ethyl adjacent to an activating group) is 1. The van der Waals surface area contributed by atoms with Crippen molar-refractivity contribution in [2.75, 3.05) is 14.2 Å². The molecule has 1 heterocycles. The number of carbonyl (C=O) groups excluding carboxylic acids is 2. The molecule has 8 heteroatoms. The summed E-state index contributed by atoms with van der Waals surface area (Å²) >= 11 is 7.11. The SMILES string of the molecule is COc1cc(/C=C2\C(=O)NC(=S)N(C)C2=O)cc(I)c1OCc1cccc(C)c1. The maximum Gasteiger partial charge on any atom is 0.265 e. The number of amides is 2. The normalized spacial score (nSPS) is 15.5. The fourth-order valence-corrected chi connectivity index (χ4v) is 3.79. The lowest BCUT2D eigenvalue weighted by atomic mass is 10.1. The maximum atomic E-state index is 12.4. The summed E-state index contributed by atoms with van der Waals surface area (Å²) in [5, 5.41) is 2.59. The zero-order valence-electron chi connectivity index (χ0n) is 16.1. The summed E-state index contributed by atoms with van der Waals surface area (Å²) in [7, 11) is 3.07. The lowest BCUT2D eigenvalue weighted by molar-refractivity contribution is -0.128. The number of aryl methyl sites for hydroxylation is 1. The van der Waals surface area contributed by atoms with Crippen LogP contribution < -0.4 is 14.8 Å². The van der Waals surface area contributed by atoms with Crippen LogP contribution in [0.1, 0.15) is 16.7 Å². The smallest absolute Gasteiger partial charge is 0.265 e. The predicted molar refractivity (Wildman–Crippen MR) is 123 cm³/mol. The van der Waals surface area contributed by atoms with Crippen LogP contribution in [0.3, 0.4) is 0 Å². The van der Waals surface area contributed by atoms with Crippen molar-refractivity contribution < 1.29 is 19.1 Å². The number of nitrogens with one attached hydrogen (secondary N) is 1. The van der Waals surface area contributed by atoms with E-state index in [1.807, 2.05) is 31.2 Å². The summed E-state index contributed by atoms with van der Waals surface area (Å²) in [6.07, 6.45) is 1.52. The second-order valence-corrected chi connectivity index (χ2v) is 8.04. The van der Waals surface area contributed by atoms with Crippen LogP contribution in [-0.2, 0) is 16.2 Å². The van der Waals surface area contributed by atoms with Crippen LogP contribution >= 0.6 is 34.8 Å². The van der Waals surface area contributed by atoms with Crippen molar-refractivity contribution in [3.8, 4) is 11.5 Å². The minimum absolute atomic E-state index is 0.00684. The molecule has 0 radical (unpaired) electrons. The number of thiocarbonyl (C=S) groups is 1. The van der Waals surface area contributed by atoms with Gasteiger partial charge in [0.15, 0.2) is 16.6 Å². The van der Waals surface area contributed by atoms with Crippen LogP contribution in [0.2, 0.25) is 0 Å². The average Bonchev–Trinajstić information content (AvgIpc) is 2.68. The first-order chi connectivity index (χ1) is 13.8. The molecule has 0 unspecified atom stereocenters. The molecule has 0 atom stereocenters. The summed E-state index contributed by atoms with van der Waals surface area (Å²) in [4.78, 5) is 25.8. The van der Waals surface area contributed by atoms with Crippen molar-refractivity contribution in [2.24, 2.45) is 0 Å². The third-order valence-electron chi connectivity index (χ3n) is 4.33. The Bertz CT molecular complexity index is 1040. The molecule has 1 aliphatic rings. The van der Waals surface area contributed by atoms with Gasteiger partial charge in [-0.25, -0.2) is 0 Å². The van der Waals surface area contributed by atoms with Gasteiger partial charge in [0, 0.05) is 7.05 Å². The van der Waals surface area contributed by atoms with Gasteiger partial charge in [-0.05, 0) is 71.1 Å². The van der Waals surface area contributed by atoms with Gasteiger partial charge in [-0.2, -0.15) is 0 Å². The summed E-state index contributed by atoms with van der Waals surface area (Å²) in [5.74, 6) is 0.151. The molecule has 29 heavy (non-hydrogen) atoms. The Kier molecular flexibility index (Phi) is 6.53. The molecule has 3 rings (SSSR count). The zero-order valence-corrected chi connectivity index (χ0v) is 19.1. The van der Waals surface area contributed by atoms with Gasteiger partial charge in [0.05, 0.1) is 10.7 Å². The second-order valence-electron chi connectivity index (χ2n) is 6.49. The van der Waals surface area contributed by atoms with Gasteiger partial charge in [-0.3, -0.25) is 19.8 Å². The molecule has 2 amide bonds. The molecular weight excluding hydrogens is 503 g/mol. The highest BCUT2D eigenvalue weighted by Crippen LogP contribution is 2.35. The summed E-state index contributed by atoms with van der Waals surface area (Å²) in [6, 6.07) is 11.6.